The van der Waals surface area contributed by atoms with Crippen LogP contribution in [0.4, 0.5) is 0 Å². The van der Waals surface area contributed by atoms with Crippen molar-refractivity contribution < 1.29 is 14.7 Å². The van der Waals surface area contributed by atoms with Crippen molar-refractivity contribution in [1.29, 1.82) is 0 Å². The number of carbonyl (C=O) groups is 2. The number of aromatic nitrogens is 2. The van der Waals surface area contributed by atoms with Gasteiger partial charge in [0.15, 0.2) is 0 Å². The third-order valence-corrected chi connectivity index (χ3v) is 3.09. The van der Waals surface area contributed by atoms with Crippen molar-refractivity contribution in [1.82, 2.24) is 14.7 Å². The van der Waals surface area contributed by atoms with E-state index >= 15 is 0 Å². The van der Waals surface area contributed by atoms with Crippen LogP contribution in [0.25, 0.3) is 0 Å². The molecule has 18 heavy (non-hydrogen) atoms. The summed E-state index contributed by atoms with van der Waals surface area (Å²) in [5, 5.41) is 12.6. The van der Waals surface area contributed by atoms with Crippen LogP contribution in [0.2, 0.25) is 0 Å². The van der Waals surface area contributed by atoms with Crippen molar-refractivity contribution in [3.63, 3.8) is 0 Å². The predicted molar refractivity (Wildman–Crippen MR) is 64.2 cm³/mol. The van der Waals surface area contributed by atoms with Gasteiger partial charge < -0.3 is 10.0 Å². The molecule has 0 unspecified atom stereocenters. The number of aromatic carboxylic acids is 1. The van der Waals surface area contributed by atoms with Gasteiger partial charge in [-0.25, -0.2) is 4.79 Å². The molecule has 1 amide bonds. The van der Waals surface area contributed by atoms with Gasteiger partial charge in [0.05, 0.1) is 11.8 Å². The van der Waals surface area contributed by atoms with E-state index in [1.165, 1.54) is 29.9 Å². The molecule has 0 radical (unpaired) electrons. The van der Waals surface area contributed by atoms with Crippen LogP contribution in [-0.4, -0.2) is 44.8 Å². The highest BCUT2D eigenvalue weighted by Crippen LogP contribution is 2.29. The highest BCUT2D eigenvalue weighted by Gasteiger charge is 2.26. The lowest BCUT2D eigenvalue weighted by Gasteiger charge is -2.20. The van der Waals surface area contributed by atoms with Crippen LogP contribution < -0.4 is 0 Å². The summed E-state index contributed by atoms with van der Waals surface area (Å²) in [4.78, 5) is 24.5. The average molecular weight is 251 g/mol. The molecule has 1 aromatic rings. The largest absolute Gasteiger partial charge is 0.478 e. The van der Waals surface area contributed by atoms with Crippen molar-refractivity contribution in [3.8, 4) is 0 Å². The molecule has 1 aliphatic rings. The molecule has 98 valence electrons. The van der Waals surface area contributed by atoms with Gasteiger partial charge in [0.1, 0.15) is 6.54 Å². The zero-order chi connectivity index (χ0) is 13.1. The second-order valence-corrected chi connectivity index (χ2v) is 4.61. The number of carboxylic acids is 1. The standard InChI is InChI=1S/C12H17N3O3/c1-2-14(6-9-3-4-9)11(16)8-15-7-10(5-13-15)12(17)18/h5,7,9H,2-4,6,8H2,1H3,(H,17,18). The Labute approximate surface area is 105 Å². The van der Waals surface area contributed by atoms with Gasteiger partial charge in [-0.1, -0.05) is 0 Å². The van der Waals surface area contributed by atoms with E-state index in [1.807, 2.05) is 6.92 Å². The third kappa shape index (κ3) is 3.09. The molecule has 1 fully saturated rings. The first kappa shape index (κ1) is 12.6. The topological polar surface area (TPSA) is 75.4 Å². The number of nitrogens with zero attached hydrogens (tertiary/aromatic N) is 3. The molecule has 0 aromatic carbocycles. The molecular formula is C12H17N3O3. The van der Waals surface area contributed by atoms with Crippen LogP contribution in [0, 0.1) is 5.92 Å². The minimum Gasteiger partial charge on any atom is -0.478 e. The zero-order valence-electron chi connectivity index (χ0n) is 10.4. The maximum atomic E-state index is 12.0. The highest BCUT2D eigenvalue weighted by atomic mass is 16.4. The quantitative estimate of drug-likeness (QED) is 0.813. The van der Waals surface area contributed by atoms with Gasteiger partial charge in [-0.3, -0.25) is 9.48 Å². The fourth-order valence-electron chi connectivity index (χ4n) is 1.82. The smallest absolute Gasteiger partial charge is 0.338 e. The summed E-state index contributed by atoms with van der Waals surface area (Å²) in [5.41, 5.74) is 0.105. The SMILES string of the molecule is CCN(CC1CC1)C(=O)Cn1cc(C(=O)O)cn1. The Morgan fingerprint density at radius 2 is 2.28 bits per heavy atom. The third-order valence-electron chi connectivity index (χ3n) is 3.09. The van der Waals surface area contributed by atoms with E-state index in [2.05, 4.69) is 5.10 Å². The van der Waals surface area contributed by atoms with Gasteiger partial charge in [0, 0.05) is 19.3 Å². The van der Waals surface area contributed by atoms with Gasteiger partial charge in [-0.05, 0) is 25.7 Å². The summed E-state index contributed by atoms with van der Waals surface area (Å²) in [5.74, 6) is -0.385. The van der Waals surface area contributed by atoms with Crippen molar-refractivity contribution in [3.05, 3.63) is 18.0 Å². The average Bonchev–Trinajstić information content (AvgIpc) is 3.03. The van der Waals surface area contributed by atoms with Gasteiger partial charge in [-0.15, -0.1) is 0 Å². The lowest BCUT2D eigenvalue weighted by atomic mass is 10.3. The monoisotopic (exact) mass is 251 g/mol. The van der Waals surface area contributed by atoms with E-state index in [1.54, 1.807) is 4.90 Å². The fraction of sp³-hybridized carbons (Fsp3) is 0.583. The van der Waals surface area contributed by atoms with Crippen LogP contribution in [-0.2, 0) is 11.3 Å². The van der Waals surface area contributed by atoms with E-state index in [0.717, 1.165) is 6.54 Å². The number of rotatable bonds is 6. The van der Waals surface area contributed by atoms with E-state index in [0.29, 0.717) is 12.5 Å². The molecule has 0 atom stereocenters. The van der Waals surface area contributed by atoms with Gasteiger partial charge in [-0.2, -0.15) is 5.10 Å². The number of hydrogen-bond donors (Lipinski definition) is 1. The summed E-state index contributed by atoms with van der Waals surface area (Å²) >= 11 is 0. The van der Waals surface area contributed by atoms with Crippen molar-refractivity contribution in [2.75, 3.05) is 13.1 Å². The van der Waals surface area contributed by atoms with Crippen LogP contribution in [0.5, 0.6) is 0 Å². The number of carboxylic acid groups (broad SMARTS) is 1. The van der Waals surface area contributed by atoms with Gasteiger partial charge in [0.2, 0.25) is 5.91 Å². The normalized spacial score (nSPS) is 14.5. The zero-order valence-corrected chi connectivity index (χ0v) is 10.4. The number of carbonyl (C=O) groups excluding carboxylic acids is 1. The number of amides is 1. The van der Waals surface area contributed by atoms with E-state index in [4.69, 9.17) is 5.11 Å². The Hall–Kier alpha value is -1.85. The molecule has 0 saturated heterocycles. The molecule has 1 saturated carbocycles. The molecule has 6 heteroatoms. The summed E-state index contributed by atoms with van der Waals surface area (Å²) < 4.78 is 1.38. The lowest BCUT2D eigenvalue weighted by molar-refractivity contribution is -0.132. The Balaban J connectivity index is 1.93. The Kier molecular flexibility index (Phi) is 3.64. The first-order valence-corrected chi connectivity index (χ1v) is 6.13. The molecule has 1 N–H and O–H groups in total. The molecule has 0 aliphatic heterocycles. The molecular weight excluding hydrogens is 234 g/mol. The van der Waals surface area contributed by atoms with E-state index in [-0.39, 0.29) is 18.0 Å². The van der Waals surface area contributed by atoms with Crippen LogP contribution >= 0.6 is 0 Å². The molecule has 1 aliphatic carbocycles. The van der Waals surface area contributed by atoms with Crippen LogP contribution in [0.1, 0.15) is 30.1 Å². The second kappa shape index (κ2) is 5.20. The Morgan fingerprint density at radius 3 is 2.78 bits per heavy atom. The predicted octanol–water partition coefficient (Wildman–Crippen LogP) is 0.840. The van der Waals surface area contributed by atoms with Crippen LogP contribution in [0.3, 0.4) is 0 Å². The second-order valence-electron chi connectivity index (χ2n) is 4.61. The van der Waals surface area contributed by atoms with E-state index in [9.17, 15) is 9.59 Å². The molecule has 0 bridgehead atoms. The van der Waals surface area contributed by atoms with Gasteiger partial charge in [0.25, 0.3) is 0 Å². The molecule has 1 aromatic heterocycles. The Bertz CT molecular complexity index is 451. The first-order chi connectivity index (χ1) is 8.60. The number of likely N-dealkylation sites (N-methyl/N-ethyl adjacent to an activating group) is 1. The lowest BCUT2D eigenvalue weighted by Crippen LogP contribution is -2.35. The molecule has 6 nitrogen and oxygen atoms in total. The Morgan fingerprint density at radius 1 is 1.56 bits per heavy atom. The van der Waals surface area contributed by atoms with Gasteiger partial charge >= 0.3 is 5.97 Å². The number of hydrogen-bond acceptors (Lipinski definition) is 3. The summed E-state index contributed by atoms with van der Waals surface area (Å²) in [7, 11) is 0. The summed E-state index contributed by atoms with van der Waals surface area (Å²) in [6, 6.07) is 0. The minimum atomic E-state index is -1.03. The summed E-state index contributed by atoms with van der Waals surface area (Å²) in [6.45, 7) is 3.55. The minimum absolute atomic E-state index is 0.00978. The van der Waals surface area contributed by atoms with Crippen molar-refractivity contribution in [2.45, 2.75) is 26.3 Å². The molecule has 0 spiro atoms. The molecule has 2 rings (SSSR count). The maximum Gasteiger partial charge on any atom is 0.338 e. The maximum absolute atomic E-state index is 12.0. The highest BCUT2D eigenvalue weighted by molar-refractivity contribution is 5.87. The molecule has 1 heterocycles. The fourth-order valence-corrected chi connectivity index (χ4v) is 1.82. The van der Waals surface area contributed by atoms with Crippen LogP contribution in [0.15, 0.2) is 12.4 Å². The van der Waals surface area contributed by atoms with Crippen molar-refractivity contribution in [2.24, 2.45) is 5.92 Å². The van der Waals surface area contributed by atoms with E-state index < -0.39 is 5.97 Å². The summed E-state index contributed by atoms with van der Waals surface area (Å²) in [6.07, 6.45) is 5.04. The first-order valence-electron chi connectivity index (χ1n) is 6.13. The van der Waals surface area contributed by atoms with Crippen molar-refractivity contribution >= 4 is 11.9 Å².